The first kappa shape index (κ1) is 22.9. The number of hydrogen-bond acceptors (Lipinski definition) is 3. The van der Waals surface area contributed by atoms with Gasteiger partial charge < -0.3 is 10.2 Å². The summed E-state index contributed by atoms with van der Waals surface area (Å²) in [7, 11) is 0. The number of benzene rings is 3. The number of nitrogens with zero attached hydrogens (tertiary/aromatic N) is 2. The topological polar surface area (TPSA) is 45.2 Å². The van der Waals surface area contributed by atoms with E-state index in [1.54, 1.807) is 42.6 Å². The van der Waals surface area contributed by atoms with Crippen molar-refractivity contribution in [2.45, 2.75) is 12.6 Å². The van der Waals surface area contributed by atoms with Crippen molar-refractivity contribution in [2.75, 3.05) is 16.8 Å². The Morgan fingerprint density at radius 2 is 1.83 bits per heavy atom. The van der Waals surface area contributed by atoms with E-state index in [0.29, 0.717) is 40.5 Å². The second-order valence-corrected chi connectivity index (χ2v) is 8.61. The number of fused-ring (bicyclic) bond motifs is 2. The second kappa shape index (κ2) is 9.07. The summed E-state index contributed by atoms with van der Waals surface area (Å²) in [6, 6.07) is 19.7. The molecule has 4 nitrogen and oxygen atoms in total. The fourth-order valence-corrected chi connectivity index (χ4v) is 4.34. The van der Waals surface area contributed by atoms with Crippen molar-refractivity contribution < 1.29 is 18.0 Å². The molecule has 5 rings (SSSR count). The molecule has 35 heavy (non-hydrogen) atoms. The molecule has 0 atom stereocenters. The molecule has 1 aromatic heterocycles. The molecule has 1 aliphatic heterocycles. The van der Waals surface area contributed by atoms with Gasteiger partial charge >= 0.3 is 6.18 Å². The quantitative estimate of drug-likeness (QED) is 0.301. The van der Waals surface area contributed by atoms with Gasteiger partial charge in [-0.3, -0.25) is 9.78 Å². The fourth-order valence-electron chi connectivity index (χ4n) is 4.21. The van der Waals surface area contributed by atoms with E-state index in [-0.39, 0.29) is 5.91 Å². The van der Waals surface area contributed by atoms with Crippen molar-refractivity contribution in [3.8, 4) is 0 Å². The van der Waals surface area contributed by atoms with Gasteiger partial charge in [0.25, 0.3) is 0 Å². The zero-order valence-corrected chi connectivity index (χ0v) is 19.1. The Hall–Kier alpha value is -3.84. The van der Waals surface area contributed by atoms with Gasteiger partial charge in [-0.2, -0.15) is 13.2 Å². The molecule has 1 aliphatic rings. The van der Waals surface area contributed by atoms with Crippen LogP contribution in [-0.2, 0) is 11.0 Å². The molecule has 4 aromatic rings. The van der Waals surface area contributed by atoms with Gasteiger partial charge in [-0.15, -0.1) is 0 Å². The number of anilines is 3. The van der Waals surface area contributed by atoms with Crippen molar-refractivity contribution in [2.24, 2.45) is 0 Å². The van der Waals surface area contributed by atoms with Crippen LogP contribution in [0.1, 0.15) is 17.5 Å². The van der Waals surface area contributed by atoms with Crippen LogP contribution >= 0.6 is 11.6 Å². The average Bonchev–Trinajstić information content (AvgIpc) is 2.84. The number of aromatic nitrogens is 1. The number of nitrogens with one attached hydrogen (secondary N) is 1. The molecule has 0 radical (unpaired) electrons. The minimum Gasteiger partial charge on any atom is -0.341 e. The van der Waals surface area contributed by atoms with E-state index >= 15 is 0 Å². The number of halogens is 4. The molecule has 0 bridgehead atoms. The first-order valence-electron chi connectivity index (χ1n) is 10.9. The van der Waals surface area contributed by atoms with Gasteiger partial charge in [-0.25, -0.2) is 0 Å². The average molecular weight is 494 g/mol. The van der Waals surface area contributed by atoms with Crippen LogP contribution in [0.5, 0.6) is 0 Å². The largest absolute Gasteiger partial charge is 0.416 e. The summed E-state index contributed by atoms with van der Waals surface area (Å²) in [5.74, 6) is -0.360. The minimum atomic E-state index is -4.48. The molecule has 0 fully saturated rings. The van der Waals surface area contributed by atoms with Crippen LogP contribution in [0.25, 0.3) is 16.5 Å². The van der Waals surface area contributed by atoms with Crippen LogP contribution in [0.15, 0.2) is 85.1 Å². The molecule has 0 spiro atoms. The smallest absolute Gasteiger partial charge is 0.341 e. The lowest BCUT2D eigenvalue weighted by Gasteiger charge is -2.33. The van der Waals surface area contributed by atoms with Crippen molar-refractivity contribution >= 4 is 51.0 Å². The molecule has 0 aliphatic carbocycles. The third-order valence-electron chi connectivity index (χ3n) is 5.88. The molecule has 1 N–H and O–H groups in total. The third-order valence-corrected chi connectivity index (χ3v) is 6.14. The first-order valence-corrected chi connectivity index (χ1v) is 11.3. The highest BCUT2D eigenvalue weighted by atomic mass is 35.5. The Kier molecular flexibility index (Phi) is 5.94. The Morgan fingerprint density at radius 3 is 2.60 bits per heavy atom. The van der Waals surface area contributed by atoms with Gasteiger partial charge in [-0.05, 0) is 66.6 Å². The highest BCUT2D eigenvalue weighted by Gasteiger charge is 2.33. The lowest BCUT2D eigenvalue weighted by molar-refractivity contribution is -0.137. The number of rotatable bonds is 3. The van der Waals surface area contributed by atoms with Gasteiger partial charge in [0.1, 0.15) is 0 Å². The number of carbonyl (C=O) groups is 1. The number of pyridine rings is 1. The predicted octanol–water partition coefficient (Wildman–Crippen LogP) is 7.47. The summed E-state index contributed by atoms with van der Waals surface area (Å²) in [4.78, 5) is 18.9. The summed E-state index contributed by atoms with van der Waals surface area (Å²) < 4.78 is 40.4. The summed E-state index contributed by atoms with van der Waals surface area (Å²) in [6.45, 7) is 0.412. The van der Waals surface area contributed by atoms with Gasteiger partial charge in [0.2, 0.25) is 5.91 Å². The Bertz CT molecular complexity index is 1450. The third kappa shape index (κ3) is 4.86. The SMILES string of the molecule is O=C(C=C1CCN(c2ccc(Cl)cc2)c2cc(C(F)(F)F)ccc21)Nc1ccc2cccnc2c1. The maximum Gasteiger partial charge on any atom is 0.416 e. The van der Waals surface area contributed by atoms with Crippen molar-refractivity contribution in [1.82, 2.24) is 4.98 Å². The highest BCUT2D eigenvalue weighted by Crippen LogP contribution is 2.42. The number of hydrogen-bond donors (Lipinski definition) is 1. The molecule has 2 heterocycles. The van der Waals surface area contributed by atoms with E-state index in [1.807, 2.05) is 23.1 Å². The van der Waals surface area contributed by atoms with Crippen LogP contribution in [-0.4, -0.2) is 17.4 Å². The van der Waals surface area contributed by atoms with Gasteiger partial charge in [-0.1, -0.05) is 29.8 Å². The van der Waals surface area contributed by atoms with E-state index in [0.717, 1.165) is 28.7 Å². The van der Waals surface area contributed by atoms with E-state index in [1.165, 1.54) is 12.1 Å². The maximum atomic E-state index is 13.5. The van der Waals surface area contributed by atoms with Gasteiger partial charge in [0, 0.05) is 51.9 Å². The Labute approximate surface area is 204 Å². The summed E-state index contributed by atoms with van der Waals surface area (Å²) in [6.07, 6.45) is -0.873. The van der Waals surface area contributed by atoms with Crippen LogP contribution < -0.4 is 10.2 Å². The zero-order valence-electron chi connectivity index (χ0n) is 18.3. The lowest BCUT2D eigenvalue weighted by Crippen LogP contribution is -2.25. The van der Waals surface area contributed by atoms with Gasteiger partial charge in [0.05, 0.1) is 11.1 Å². The second-order valence-electron chi connectivity index (χ2n) is 8.18. The standard InChI is InChI=1S/C27H19ClF3N3O/c28-20-5-8-22(9-6-20)34-13-11-18(23-10-4-19(15-25(23)34)27(29,30)31)14-26(35)33-21-7-3-17-2-1-12-32-24(17)16-21/h1-10,12,14-16H,11,13H2,(H,33,35). The van der Waals surface area contributed by atoms with E-state index in [2.05, 4.69) is 10.3 Å². The first-order chi connectivity index (χ1) is 16.8. The number of carbonyl (C=O) groups excluding carboxylic acids is 1. The number of alkyl halides is 3. The molecule has 176 valence electrons. The predicted molar refractivity (Wildman–Crippen MR) is 133 cm³/mol. The fraction of sp³-hybridized carbons (Fsp3) is 0.111. The van der Waals surface area contributed by atoms with E-state index in [4.69, 9.17) is 11.6 Å². The molecule has 3 aromatic carbocycles. The molecular formula is C27H19ClF3N3O. The monoisotopic (exact) mass is 493 g/mol. The maximum absolute atomic E-state index is 13.5. The zero-order chi connectivity index (χ0) is 24.6. The number of amides is 1. The molecule has 8 heteroatoms. The van der Waals surface area contributed by atoms with Gasteiger partial charge in [0.15, 0.2) is 0 Å². The molecule has 0 unspecified atom stereocenters. The van der Waals surface area contributed by atoms with E-state index in [9.17, 15) is 18.0 Å². The van der Waals surface area contributed by atoms with E-state index < -0.39 is 11.7 Å². The molecular weight excluding hydrogens is 475 g/mol. The molecule has 0 saturated carbocycles. The molecule has 1 amide bonds. The Morgan fingerprint density at radius 1 is 1.03 bits per heavy atom. The summed E-state index contributed by atoms with van der Waals surface area (Å²) >= 11 is 5.99. The molecule has 0 saturated heterocycles. The highest BCUT2D eigenvalue weighted by molar-refractivity contribution is 6.30. The summed E-state index contributed by atoms with van der Waals surface area (Å²) in [5, 5.41) is 4.32. The lowest BCUT2D eigenvalue weighted by atomic mass is 9.93. The normalized spacial score (nSPS) is 14.7. The van der Waals surface area contributed by atoms with Crippen LogP contribution in [0.2, 0.25) is 5.02 Å². The van der Waals surface area contributed by atoms with Crippen LogP contribution in [0.4, 0.5) is 30.2 Å². The Balaban J connectivity index is 1.48. The van der Waals surface area contributed by atoms with Crippen molar-refractivity contribution in [1.29, 1.82) is 0 Å². The van der Waals surface area contributed by atoms with Crippen molar-refractivity contribution in [3.63, 3.8) is 0 Å². The van der Waals surface area contributed by atoms with Crippen LogP contribution in [0, 0.1) is 0 Å². The van der Waals surface area contributed by atoms with Crippen LogP contribution in [0.3, 0.4) is 0 Å². The van der Waals surface area contributed by atoms with Crippen molar-refractivity contribution in [3.05, 3.63) is 101 Å². The summed E-state index contributed by atoms with van der Waals surface area (Å²) in [5.41, 5.74) is 2.95. The minimum absolute atomic E-state index is 0.360.